The van der Waals surface area contributed by atoms with Crippen molar-refractivity contribution in [2.75, 3.05) is 6.54 Å². The Balaban J connectivity index is 3.47. The van der Waals surface area contributed by atoms with Crippen molar-refractivity contribution >= 4 is 17.9 Å². The van der Waals surface area contributed by atoms with Gasteiger partial charge in [-0.3, -0.25) is 9.59 Å². The zero-order valence-corrected chi connectivity index (χ0v) is 24.9. The molecule has 7 heteroatoms. The normalized spacial score (nSPS) is 14.0. The molecule has 2 N–H and O–H groups in total. The van der Waals surface area contributed by atoms with Gasteiger partial charge in [0.2, 0.25) is 11.8 Å². The van der Waals surface area contributed by atoms with Gasteiger partial charge in [-0.1, -0.05) is 51.8 Å². The Kier molecular flexibility index (Phi) is 13.2. The molecule has 0 aliphatic rings. The molecule has 3 atom stereocenters. The van der Waals surface area contributed by atoms with Crippen LogP contribution in [0.3, 0.4) is 0 Å². The van der Waals surface area contributed by atoms with E-state index < -0.39 is 23.8 Å². The van der Waals surface area contributed by atoms with Crippen molar-refractivity contribution in [2.45, 2.75) is 125 Å². The van der Waals surface area contributed by atoms with Crippen LogP contribution < -0.4 is 10.6 Å². The first kappa shape index (κ1) is 32.5. The molecule has 3 amide bonds. The number of ether oxygens (including phenoxy) is 1. The summed E-state index contributed by atoms with van der Waals surface area (Å²) in [7, 11) is 0. The van der Waals surface area contributed by atoms with E-state index in [-0.39, 0.29) is 17.9 Å². The molecule has 0 aliphatic heterocycles. The maximum absolute atomic E-state index is 14.0. The third-order valence-electron chi connectivity index (χ3n) is 6.54. The fourth-order valence-electron chi connectivity index (χ4n) is 4.25. The number of nitrogens with zero attached hydrogens (tertiary/aromatic N) is 1. The highest BCUT2D eigenvalue weighted by atomic mass is 16.6. The lowest BCUT2D eigenvalue weighted by molar-refractivity contribution is -0.145. The molecule has 0 radical (unpaired) electrons. The van der Waals surface area contributed by atoms with E-state index in [1.54, 1.807) is 32.6 Å². The van der Waals surface area contributed by atoms with Crippen molar-refractivity contribution in [3.63, 3.8) is 0 Å². The van der Waals surface area contributed by atoms with Crippen LogP contribution in [0.25, 0.3) is 0 Å². The van der Waals surface area contributed by atoms with Gasteiger partial charge in [0.15, 0.2) is 0 Å². The number of hydrogen-bond acceptors (Lipinski definition) is 4. The van der Waals surface area contributed by atoms with Crippen LogP contribution in [-0.4, -0.2) is 47.0 Å². The van der Waals surface area contributed by atoms with Crippen LogP contribution >= 0.6 is 0 Å². The minimum atomic E-state index is -0.864. The van der Waals surface area contributed by atoms with Crippen molar-refractivity contribution < 1.29 is 19.1 Å². The summed E-state index contributed by atoms with van der Waals surface area (Å²) < 4.78 is 5.38. The van der Waals surface area contributed by atoms with E-state index >= 15 is 0 Å². The summed E-state index contributed by atoms with van der Waals surface area (Å²) >= 11 is 0. The summed E-state index contributed by atoms with van der Waals surface area (Å²) in [4.78, 5) is 41.9. The molecule has 0 aliphatic carbocycles. The van der Waals surface area contributed by atoms with E-state index in [0.29, 0.717) is 12.5 Å². The zero-order chi connectivity index (χ0) is 28.3. The largest absolute Gasteiger partial charge is 0.444 e. The first-order valence-electron chi connectivity index (χ1n) is 13.8. The van der Waals surface area contributed by atoms with Gasteiger partial charge in [-0.25, -0.2) is 4.79 Å². The van der Waals surface area contributed by atoms with E-state index in [1.165, 1.54) is 0 Å². The van der Waals surface area contributed by atoms with Crippen LogP contribution in [0.1, 0.15) is 110 Å². The van der Waals surface area contributed by atoms with Crippen molar-refractivity contribution in [3.05, 3.63) is 34.9 Å². The number of carbonyl (C=O) groups excluding carboxylic acids is 3. The summed E-state index contributed by atoms with van der Waals surface area (Å²) in [6, 6.07) is 3.98. The summed E-state index contributed by atoms with van der Waals surface area (Å²) in [5.41, 5.74) is 2.17. The fraction of sp³-hybridized carbons (Fsp3) is 0.700. The molecule has 0 bridgehead atoms. The number of unbranched alkanes of at least 4 members (excludes halogenated alkanes) is 2. The highest BCUT2D eigenvalue weighted by Gasteiger charge is 2.38. The molecule has 3 unspecified atom stereocenters. The van der Waals surface area contributed by atoms with Crippen molar-refractivity contribution in [2.24, 2.45) is 5.92 Å². The van der Waals surface area contributed by atoms with Gasteiger partial charge in [0.05, 0.1) is 0 Å². The highest BCUT2D eigenvalue weighted by molar-refractivity contribution is 5.92. The van der Waals surface area contributed by atoms with Crippen LogP contribution in [-0.2, 0) is 14.3 Å². The fourth-order valence-corrected chi connectivity index (χ4v) is 4.25. The quantitative estimate of drug-likeness (QED) is 0.304. The van der Waals surface area contributed by atoms with Gasteiger partial charge in [0.1, 0.15) is 17.7 Å². The summed E-state index contributed by atoms with van der Waals surface area (Å²) in [6.07, 6.45) is 3.97. The lowest BCUT2D eigenvalue weighted by Gasteiger charge is -2.39. The Morgan fingerprint density at radius 2 is 1.65 bits per heavy atom. The molecule has 0 saturated carbocycles. The summed E-state index contributed by atoms with van der Waals surface area (Å²) in [5, 5.41) is 5.77. The first-order chi connectivity index (χ1) is 17.2. The lowest BCUT2D eigenvalue weighted by atomic mass is 9.93. The molecule has 210 valence electrons. The Morgan fingerprint density at radius 1 is 1.00 bits per heavy atom. The average molecular weight is 518 g/mol. The van der Waals surface area contributed by atoms with Gasteiger partial charge in [-0.05, 0) is 90.3 Å². The molecule has 0 fully saturated rings. The topological polar surface area (TPSA) is 87.7 Å². The second kappa shape index (κ2) is 15.0. The van der Waals surface area contributed by atoms with Crippen LogP contribution in [0.15, 0.2) is 18.2 Å². The lowest BCUT2D eigenvalue weighted by Crippen LogP contribution is -2.55. The van der Waals surface area contributed by atoms with Gasteiger partial charge >= 0.3 is 6.09 Å². The van der Waals surface area contributed by atoms with Gasteiger partial charge in [0.25, 0.3) is 0 Å². The first-order valence-corrected chi connectivity index (χ1v) is 13.8. The molecule has 1 rings (SSSR count). The summed E-state index contributed by atoms with van der Waals surface area (Å²) in [6.45, 7) is 19.9. The molecular formula is C30H51N3O4. The number of benzene rings is 1. The Bertz CT molecular complexity index is 891. The zero-order valence-electron chi connectivity index (χ0n) is 24.9. The predicted molar refractivity (Wildman–Crippen MR) is 150 cm³/mol. The number of aryl methyl sites for hydroxylation is 1. The number of amides is 3. The average Bonchev–Trinajstić information content (AvgIpc) is 2.78. The second-order valence-electron chi connectivity index (χ2n) is 11.6. The molecule has 0 heterocycles. The maximum Gasteiger partial charge on any atom is 0.408 e. The number of nitrogens with one attached hydrogen (secondary N) is 2. The molecule has 0 aromatic heterocycles. The van der Waals surface area contributed by atoms with Gasteiger partial charge in [0, 0.05) is 12.6 Å². The number of rotatable bonds is 13. The second-order valence-corrected chi connectivity index (χ2v) is 11.6. The van der Waals surface area contributed by atoms with Crippen LogP contribution in [0, 0.1) is 19.8 Å². The van der Waals surface area contributed by atoms with Gasteiger partial charge < -0.3 is 20.3 Å². The van der Waals surface area contributed by atoms with Crippen LogP contribution in [0.4, 0.5) is 4.79 Å². The Hall–Kier alpha value is -2.57. The molecule has 0 saturated heterocycles. The predicted octanol–water partition coefficient (Wildman–Crippen LogP) is 6.22. The number of hydrogen-bond donors (Lipinski definition) is 2. The number of alkyl carbamates (subject to hydrolysis) is 1. The molecule has 0 spiro atoms. The highest BCUT2D eigenvalue weighted by Crippen LogP contribution is 2.30. The van der Waals surface area contributed by atoms with Crippen LogP contribution in [0.2, 0.25) is 0 Å². The van der Waals surface area contributed by atoms with E-state index in [1.807, 2.05) is 39.0 Å². The van der Waals surface area contributed by atoms with Crippen LogP contribution in [0.5, 0.6) is 0 Å². The minimum absolute atomic E-state index is 0.195. The van der Waals surface area contributed by atoms with E-state index in [0.717, 1.165) is 48.8 Å². The Morgan fingerprint density at radius 3 is 2.22 bits per heavy atom. The Labute approximate surface area is 225 Å². The van der Waals surface area contributed by atoms with E-state index in [9.17, 15) is 14.4 Å². The van der Waals surface area contributed by atoms with Crippen molar-refractivity contribution in [1.82, 2.24) is 15.5 Å². The third-order valence-corrected chi connectivity index (χ3v) is 6.54. The smallest absolute Gasteiger partial charge is 0.408 e. The molecule has 1 aromatic rings. The minimum Gasteiger partial charge on any atom is -0.444 e. The van der Waals surface area contributed by atoms with Crippen molar-refractivity contribution in [1.29, 1.82) is 0 Å². The van der Waals surface area contributed by atoms with Gasteiger partial charge in [-0.2, -0.15) is 0 Å². The summed E-state index contributed by atoms with van der Waals surface area (Å²) in [5.74, 6) is -0.0468. The number of carbonyl (C=O) groups is 3. The van der Waals surface area contributed by atoms with Gasteiger partial charge in [-0.15, -0.1) is 0 Å². The van der Waals surface area contributed by atoms with Crippen molar-refractivity contribution in [3.8, 4) is 0 Å². The third kappa shape index (κ3) is 10.7. The monoisotopic (exact) mass is 517 g/mol. The standard InChI is InChI=1S/C30H51N3O4/c1-11-12-13-19-31-27(34)26(25-16-14-15-21(4)23(25)6)33(22(5)18-17-20(2)3)28(35)24(7)32-29(36)37-30(8,9)10/h14-16,20,22,24,26H,11-13,17-19H2,1-10H3,(H,31,34)(H,32,36). The molecular weight excluding hydrogens is 466 g/mol. The molecule has 7 nitrogen and oxygen atoms in total. The van der Waals surface area contributed by atoms with E-state index in [4.69, 9.17) is 4.74 Å². The molecule has 1 aromatic carbocycles. The van der Waals surface area contributed by atoms with E-state index in [2.05, 4.69) is 31.4 Å². The SMILES string of the molecule is CCCCCNC(=O)C(c1cccc(C)c1C)N(C(=O)C(C)NC(=O)OC(C)(C)C)C(C)CCC(C)C. The molecule has 37 heavy (non-hydrogen) atoms. The maximum atomic E-state index is 14.0.